The molecule has 0 radical (unpaired) electrons. The maximum atomic E-state index is 13.4. The van der Waals surface area contributed by atoms with E-state index in [0.717, 1.165) is 25.0 Å². The number of benzene rings is 2. The summed E-state index contributed by atoms with van der Waals surface area (Å²) in [5, 5.41) is 10.3. The van der Waals surface area contributed by atoms with Crippen LogP contribution in [0.4, 0.5) is 19.0 Å². The standard InChI is InChI=1S/C23H22F3N3O2/c24-23(25,26)17-7-4-14(5-8-17)20-3-1-2-10-29(20)22(31)15-6-9-19-18(11-15)16(13-30)12-21(27)28-19/h4-9,11-12,20,30H,1-3,10,13H2,(H2,27,28). The Hall–Kier alpha value is -3.13. The second-order valence-electron chi connectivity index (χ2n) is 7.73. The van der Waals surface area contributed by atoms with Gasteiger partial charge in [0.1, 0.15) is 5.82 Å². The molecular weight excluding hydrogens is 407 g/mol. The van der Waals surface area contributed by atoms with Crippen LogP contribution in [0, 0.1) is 0 Å². The lowest BCUT2D eigenvalue weighted by atomic mass is 9.93. The number of nitrogens with two attached hydrogens (primary N) is 1. The van der Waals surface area contributed by atoms with Crippen molar-refractivity contribution in [3.63, 3.8) is 0 Å². The Balaban J connectivity index is 1.67. The van der Waals surface area contributed by atoms with Crippen molar-refractivity contribution < 1.29 is 23.1 Å². The van der Waals surface area contributed by atoms with Gasteiger partial charge in [0.25, 0.3) is 5.91 Å². The van der Waals surface area contributed by atoms with Crippen LogP contribution in [0.15, 0.2) is 48.5 Å². The van der Waals surface area contributed by atoms with Gasteiger partial charge in [-0.25, -0.2) is 4.98 Å². The van der Waals surface area contributed by atoms with Crippen molar-refractivity contribution in [3.8, 4) is 0 Å². The zero-order chi connectivity index (χ0) is 22.2. The predicted molar refractivity (Wildman–Crippen MR) is 111 cm³/mol. The van der Waals surface area contributed by atoms with Crippen LogP contribution in [0.1, 0.15) is 52.4 Å². The van der Waals surface area contributed by atoms with Gasteiger partial charge in [0.15, 0.2) is 0 Å². The van der Waals surface area contributed by atoms with E-state index in [1.807, 2.05) is 0 Å². The molecule has 31 heavy (non-hydrogen) atoms. The Morgan fingerprint density at radius 1 is 1.13 bits per heavy atom. The number of anilines is 1. The van der Waals surface area contributed by atoms with Crippen molar-refractivity contribution in [2.45, 2.75) is 38.1 Å². The Morgan fingerprint density at radius 2 is 1.87 bits per heavy atom. The minimum absolute atomic E-state index is 0.202. The van der Waals surface area contributed by atoms with Crippen LogP contribution in [0.25, 0.3) is 10.9 Å². The van der Waals surface area contributed by atoms with Crippen molar-refractivity contribution in [3.05, 3.63) is 70.8 Å². The molecule has 162 valence electrons. The van der Waals surface area contributed by atoms with Crippen LogP contribution in [0.3, 0.4) is 0 Å². The molecule has 3 N–H and O–H groups in total. The Bertz CT molecular complexity index is 1110. The molecule has 1 aliphatic heterocycles. The molecule has 1 unspecified atom stereocenters. The summed E-state index contributed by atoms with van der Waals surface area (Å²) in [4.78, 5) is 19.3. The highest BCUT2D eigenvalue weighted by Gasteiger charge is 2.32. The van der Waals surface area contributed by atoms with Crippen LogP contribution in [-0.4, -0.2) is 27.4 Å². The van der Waals surface area contributed by atoms with E-state index in [1.54, 1.807) is 29.2 Å². The fourth-order valence-electron chi connectivity index (χ4n) is 4.16. The lowest BCUT2D eigenvalue weighted by Gasteiger charge is -2.36. The van der Waals surface area contributed by atoms with Crippen LogP contribution >= 0.6 is 0 Å². The highest BCUT2D eigenvalue weighted by molar-refractivity contribution is 5.99. The number of nitrogen functional groups attached to an aromatic ring is 1. The van der Waals surface area contributed by atoms with Crippen molar-refractivity contribution >= 4 is 22.6 Å². The molecule has 1 aliphatic rings. The van der Waals surface area contributed by atoms with E-state index >= 15 is 0 Å². The third-order valence-corrected chi connectivity index (χ3v) is 5.72. The Morgan fingerprint density at radius 3 is 2.55 bits per heavy atom. The van der Waals surface area contributed by atoms with Crippen molar-refractivity contribution in [1.29, 1.82) is 0 Å². The van der Waals surface area contributed by atoms with Gasteiger partial charge in [-0.2, -0.15) is 13.2 Å². The van der Waals surface area contributed by atoms with Gasteiger partial charge in [-0.3, -0.25) is 4.79 Å². The van der Waals surface area contributed by atoms with E-state index in [9.17, 15) is 23.1 Å². The molecule has 8 heteroatoms. The third kappa shape index (κ3) is 4.20. The van der Waals surface area contributed by atoms with Gasteiger partial charge in [-0.05, 0) is 66.8 Å². The first kappa shape index (κ1) is 21.1. The van der Waals surface area contributed by atoms with Gasteiger partial charge in [-0.15, -0.1) is 0 Å². The number of fused-ring (bicyclic) bond motifs is 1. The van der Waals surface area contributed by atoms with E-state index in [2.05, 4.69) is 4.98 Å². The average molecular weight is 429 g/mol. The third-order valence-electron chi connectivity index (χ3n) is 5.72. The highest BCUT2D eigenvalue weighted by Crippen LogP contribution is 2.35. The zero-order valence-corrected chi connectivity index (χ0v) is 16.7. The molecule has 0 spiro atoms. The second kappa shape index (κ2) is 8.19. The van der Waals surface area contributed by atoms with Gasteiger partial charge in [0.2, 0.25) is 0 Å². The monoisotopic (exact) mass is 429 g/mol. The number of nitrogens with zero attached hydrogens (tertiary/aromatic N) is 2. The van der Waals surface area contributed by atoms with Crippen LogP contribution in [0.2, 0.25) is 0 Å². The van der Waals surface area contributed by atoms with Crippen LogP contribution in [0.5, 0.6) is 0 Å². The molecule has 5 nitrogen and oxygen atoms in total. The number of rotatable bonds is 3. The minimum Gasteiger partial charge on any atom is -0.392 e. The van der Waals surface area contributed by atoms with Crippen molar-refractivity contribution in [2.75, 3.05) is 12.3 Å². The molecule has 4 rings (SSSR count). The van der Waals surface area contributed by atoms with E-state index < -0.39 is 11.7 Å². The van der Waals surface area contributed by atoms with Gasteiger partial charge in [-0.1, -0.05) is 12.1 Å². The molecule has 1 aromatic heterocycles. The number of piperidine rings is 1. The molecule has 1 amide bonds. The number of alkyl halides is 3. The van der Waals surface area contributed by atoms with Crippen LogP contribution < -0.4 is 5.73 Å². The van der Waals surface area contributed by atoms with E-state index in [4.69, 9.17) is 5.73 Å². The van der Waals surface area contributed by atoms with E-state index in [0.29, 0.717) is 40.6 Å². The molecule has 2 aromatic carbocycles. The highest BCUT2D eigenvalue weighted by atomic mass is 19.4. The topological polar surface area (TPSA) is 79.5 Å². The molecule has 3 aromatic rings. The quantitative estimate of drug-likeness (QED) is 0.633. The molecule has 0 bridgehead atoms. The maximum Gasteiger partial charge on any atom is 0.416 e. The summed E-state index contributed by atoms with van der Waals surface area (Å²) in [5.41, 5.74) is 7.35. The molecule has 0 saturated carbocycles. The summed E-state index contributed by atoms with van der Waals surface area (Å²) in [6.07, 6.45) is -1.99. The first-order valence-electron chi connectivity index (χ1n) is 10.1. The summed E-state index contributed by atoms with van der Waals surface area (Å²) in [5.74, 6) is 0.0845. The normalized spacial score (nSPS) is 17.2. The van der Waals surface area contributed by atoms with Gasteiger partial charge in [0, 0.05) is 17.5 Å². The van der Waals surface area contributed by atoms with Gasteiger partial charge < -0.3 is 15.7 Å². The summed E-state index contributed by atoms with van der Waals surface area (Å²) < 4.78 is 38.7. The summed E-state index contributed by atoms with van der Waals surface area (Å²) in [6.45, 7) is 0.286. The number of hydrogen-bond donors (Lipinski definition) is 2. The number of pyridine rings is 1. The predicted octanol–water partition coefficient (Wildman–Crippen LogP) is 4.70. The number of aromatic nitrogens is 1. The fourth-order valence-corrected chi connectivity index (χ4v) is 4.16. The largest absolute Gasteiger partial charge is 0.416 e. The zero-order valence-electron chi connectivity index (χ0n) is 16.7. The summed E-state index contributed by atoms with van der Waals surface area (Å²) >= 11 is 0. The van der Waals surface area contributed by atoms with E-state index in [1.165, 1.54) is 12.1 Å². The molecule has 1 fully saturated rings. The molecule has 0 aliphatic carbocycles. The Kier molecular flexibility index (Phi) is 5.58. The van der Waals surface area contributed by atoms with E-state index in [-0.39, 0.29) is 24.4 Å². The number of likely N-dealkylation sites (tertiary alicyclic amines) is 1. The van der Waals surface area contributed by atoms with Gasteiger partial charge >= 0.3 is 6.18 Å². The minimum atomic E-state index is -4.40. The number of amides is 1. The lowest BCUT2D eigenvalue weighted by molar-refractivity contribution is -0.137. The summed E-state index contributed by atoms with van der Waals surface area (Å²) in [6, 6.07) is 11.4. The first-order chi connectivity index (χ1) is 14.8. The molecular formula is C23H22F3N3O2. The number of hydrogen-bond acceptors (Lipinski definition) is 4. The summed E-state index contributed by atoms with van der Waals surface area (Å²) in [7, 11) is 0. The Labute approximate surface area is 177 Å². The fraction of sp³-hybridized carbons (Fsp3) is 0.304. The lowest BCUT2D eigenvalue weighted by Crippen LogP contribution is -2.38. The number of halogens is 3. The second-order valence-corrected chi connectivity index (χ2v) is 7.73. The molecule has 1 saturated heterocycles. The average Bonchev–Trinajstić information content (AvgIpc) is 2.77. The molecule has 2 heterocycles. The smallest absolute Gasteiger partial charge is 0.392 e. The SMILES string of the molecule is Nc1cc(CO)c2cc(C(=O)N3CCCCC3c3ccc(C(F)(F)F)cc3)ccc2n1. The molecule has 1 atom stereocenters. The number of aliphatic hydroxyl groups excluding tert-OH is 1. The first-order valence-corrected chi connectivity index (χ1v) is 10.1. The maximum absolute atomic E-state index is 13.4. The number of carbonyl (C=O) groups excluding carboxylic acids is 1. The number of aliphatic hydroxyl groups is 1. The van der Waals surface area contributed by atoms with Gasteiger partial charge in [0.05, 0.1) is 23.7 Å². The van der Waals surface area contributed by atoms with Crippen molar-refractivity contribution in [2.24, 2.45) is 0 Å². The number of carbonyl (C=O) groups is 1. The van der Waals surface area contributed by atoms with Crippen LogP contribution in [-0.2, 0) is 12.8 Å². The van der Waals surface area contributed by atoms with Crippen molar-refractivity contribution in [1.82, 2.24) is 9.88 Å².